The molecule has 4 aromatic rings. The zero-order chi connectivity index (χ0) is 19.7. The average molecular weight is 411 g/mol. The number of amides is 1. The van der Waals surface area contributed by atoms with E-state index < -0.39 is 0 Å². The zero-order valence-electron chi connectivity index (χ0n) is 15.4. The molecule has 0 atom stereocenters. The van der Waals surface area contributed by atoms with Crippen molar-refractivity contribution in [3.63, 3.8) is 0 Å². The Hall–Kier alpha value is -2.84. The Morgan fingerprint density at radius 2 is 2.07 bits per heavy atom. The minimum Gasteiger partial charge on any atom is -0.338 e. The number of nitrogens with zero attached hydrogens (tertiary/aromatic N) is 3. The summed E-state index contributed by atoms with van der Waals surface area (Å²) in [6.45, 7) is 2.29. The lowest BCUT2D eigenvalue weighted by Gasteiger charge is -2.15. The average Bonchev–Trinajstić information content (AvgIpc) is 3.31. The van der Waals surface area contributed by atoms with E-state index in [4.69, 9.17) is 0 Å². The number of likely N-dealkylation sites (N-methyl/N-ethyl adjacent to an activating group) is 1. The number of nitrogens with one attached hydrogen (secondary N) is 1. The Kier molecular flexibility index (Phi) is 5.06. The van der Waals surface area contributed by atoms with Crippen LogP contribution in [0.1, 0.15) is 17.1 Å². The first kappa shape index (κ1) is 18.5. The number of H-pyrrole nitrogens is 1. The molecule has 6 nitrogen and oxygen atoms in total. The molecule has 8 heteroatoms. The van der Waals surface area contributed by atoms with Crippen LogP contribution < -0.4 is 5.56 Å². The van der Waals surface area contributed by atoms with Gasteiger partial charge in [-0.1, -0.05) is 23.8 Å². The molecule has 0 aliphatic rings. The van der Waals surface area contributed by atoms with Crippen LogP contribution >= 0.6 is 22.7 Å². The van der Waals surface area contributed by atoms with Crippen molar-refractivity contribution >= 4 is 38.8 Å². The lowest BCUT2D eigenvalue weighted by molar-refractivity contribution is -0.129. The summed E-state index contributed by atoms with van der Waals surface area (Å²) in [4.78, 5) is 38.0. The molecule has 0 unspecified atom stereocenters. The molecule has 0 aliphatic heterocycles. The molecular formula is C20H18N4O2S2. The van der Waals surface area contributed by atoms with Crippen molar-refractivity contribution in [3.8, 4) is 10.6 Å². The molecular weight excluding hydrogens is 392 g/mol. The van der Waals surface area contributed by atoms with Crippen LogP contribution in [0.5, 0.6) is 0 Å². The van der Waals surface area contributed by atoms with E-state index in [0.29, 0.717) is 16.0 Å². The highest BCUT2D eigenvalue weighted by molar-refractivity contribution is 7.17. The number of carbonyl (C=O) groups is 1. The molecule has 1 amide bonds. The van der Waals surface area contributed by atoms with Gasteiger partial charge in [-0.15, -0.1) is 22.7 Å². The number of thiazole rings is 1. The predicted octanol–water partition coefficient (Wildman–Crippen LogP) is 3.62. The van der Waals surface area contributed by atoms with Crippen molar-refractivity contribution in [3.05, 3.63) is 68.5 Å². The number of benzene rings is 1. The molecule has 4 rings (SSSR count). The summed E-state index contributed by atoms with van der Waals surface area (Å²) in [5, 5.41) is 4.66. The number of aromatic amines is 1. The molecule has 0 fully saturated rings. The molecule has 3 heterocycles. The molecule has 1 N–H and O–H groups in total. The number of fused-ring (bicyclic) bond motifs is 1. The fourth-order valence-electron chi connectivity index (χ4n) is 2.90. The number of hydrogen-bond acceptors (Lipinski definition) is 6. The quantitative estimate of drug-likeness (QED) is 0.545. The van der Waals surface area contributed by atoms with Crippen LogP contribution in [0.2, 0.25) is 0 Å². The van der Waals surface area contributed by atoms with E-state index in [2.05, 4.69) is 21.0 Å². The van der Waals surface area contributed by atoms with Crippen LogP contribution in [0.25, 0.3) is 20.8 Å². The van der Waals surface area contributed by atoms with Crippen molar-refractivity contribution in [2.75, 3.05) is 7.05 Å². The van der Waals surface area contributed by atoms with Crippen LogP contribution in [-0.2, 0) is 17.8 Å². The molecule has 0 aliphatic carbocycles. The van der Waals surface area contributed by atoms with Gasteiger partial charge in [0.05, 0.1) is 24.2 Å². The highest BCUT2D eigenvalue weighted by Crippen LogP contribution is 2.24. The van der Waals surface area contributed by atoms with Crippen molar-refractivity contribution in [1.29, 1.82) is 0 Å². The van der Waals surface area contributed by atoms with Gasteiger partial charge >= 0.3 is 0 Å². The Labute approximate surface area is 169 Å². The van der Waals surface area contributed by atoms with Gasteiger partial charge in [-0.25, -0.2) is 9.97 Å². The van der Waals surface area contributed by atoms with Crippen LogP contribution in [0, 0.1) is 6.92 Å². The second kappa shape index (κ2) is 7.65. The van der Waals surface area contributed by atoms with E-state index in [-0.39, 0.29) is 24.4 Å². The van der Waals surface area contributed by atoms with Gasteiger partial charge in [0, 0.05) is 18.0 Å². The highest BCUT2D eigenvalue weighted by atomic mass is 32.1. The summed E-state index contributed by atoms with van der Waals surface area (Å²) in [5.41, 5.74) is 3.47. The molecule has 0 saturated carbocycles. The first-order valence-electron chi connectivity index (χ1n) is 8.71. The van der Waals surface area contributed by atoms with E-state index in [0.717, 1.165) is 16.3 Å². The third-order valence-electron chi connectivity index (χ3n) is 4.33. The van der Waals surface area contributed by atoms with Crippen LogP contribution in [0.4, 0.5) is 0 Å². The van der Waals surface area contributed by atoms with Gasteiger partial charge in [0.2, 0.25) is 5.91 Å². The zero-order valence-corrected chi connectivity index (χ0v) is 17.1. The van der Waals surface area contributed by atoms with Crippen LogP contribution in [0.15, 0.2) is 45.9 Å². The number of thiophene rings is 1. The number of aromatic nitrogens is 3. The maximum Gasteiger partial charge on any atom is 0.268 e. The van der Waals surface area contributed by atoms with Crippen molar-refractivity contribution in [1.82, 2.24) is 19.9 Å². The predicted molar refractivity (Wildman–Crippen MR) is 113 cm³/mol. The molecule has 3 aromatic heterocycles. The lowest BCUT2D eigenvalue weighted by atomic mass is 10.1. The fourth-order valence-corrected chi connectivity index (χ4v) is 4.44. The summed E-state index contributed by atoms with van der Waals surface area (Å²) in [6, 6.07) is 9.96. The molecule has 0 saturated heterocycles. The van der Waals surface area contributed by atoms with Crippen LogP contribution in [-0.4, -0.2) is 32.8 Å². The Morgan fingerprint density at radius 1 is 1.21 bits per heavy atom. The summed E-state index contributed by atoms with van der Waals surface area (Å²) in [5.74, 6) is 0.402. The first-order valence-corrected chi connectivity index (χ1v) is 10.5. The second-order valence-electron chi connectivity index (χ2n) is 6.59. The topological polar surface area (TPSA) is 79.0 Å². The normalized spacial score (nSPS) is 11.1. The summed E-state index contributed by atoms with van der Waals surface area (Å²) < 4.78 is 0.601. The fraction of sp³-hybridized carbons (Fsp3) is 0.200. The highest BCUT2D eigenvalue weighted by Gasteiger charge is 2.15. The third-order valence-corrected chi connectivity index (χ3v) is 6.17. The number of hydrogen-bond donors (Lipinski definition) is 1. The van der Waals surface area contributed by atoms with Gasteiger partial charge in [-0.05, 0) is 24.4 Å². The summed E-state index contributed by atoms with van der Waals surface area (Å²) in [6.07, 6.45) is 0.212. The lowest BCUT2D eigenvalue weighted by Crippen LogP contribution is -2.29. The van der Waals surface area contributed by atoms with E-state index in [1.54, 1.807) is 11.9 Å². The van der Waals surface area contributed by atoms with E-state index in [1.807, 2.05) is 41.9 Å². The molecule has 142 valence electrons. The maximum atomic E-state index is 12.6. The summed E-state index contributed by atoms with van der Waals surface area (Å²) in [7, 11) is 1.70. The molecule has 1 aromatic carbocycles. The largest absolute Gasteiger partial charge is 0.338 e. The summed E-state index contributed by atoms with van der Waals surface area (Å²) >= 11 is 2.89. The number of rotatable bonds is 5. The minimum absolute atomic E-state index is 0.0749. The van der Waals surface area contributed by atoms with Crippen molar-refractivity contribution in [2.24, 2.45) is 0 Å². The Morgan fingerprint density at radius 3 is 2.89 bits per heavy atom. The van der Waals surface area contributed by atoms with Crippen molar-refractivity contribution in [2.45, 2.75) is 19.9 Å². The Balaban J connectivity index is 1.45. The molecule has 0 radical (unpaired) electrons. The van der Waals surface area contributed by atoms with Gasteiger partial charge in [-0.3, -0.25) is 9.59 Å². The molecule has 0 bridgehead atoms. The first-order chi connectivity index (χ1) is 13.5. The number of aryl methyl sites for hydroxylation is 1. The van der Waals surface area contributed by atoms with E-state index >= 15 is 0 Å². The smallest absolute Gasteiger partial charge is 0.268 e. The van der Waals surface area contributed by atoms with Gasteiger partial charge < -0.3 is 9.88 Å². The standard InChI is InChI=1S/C20H18N4O2S2/c1-12-4-3-5-13(8-12)20-21-14(11-28-20)9-17(25)24(2)10-16-22-15-6-7-27-18(15)19(26)23-16/h3-8,11H,9-10H2,1-2H3,(H,22,23,26). The van der Waals surface area contributed by atoms with Crippen molar-refractivity contribution < 1.29 is 4.79 Å². The third kappa shape index (κ3) is 3.88. The molecule has 28 heavy (non-hydrogen) atoms. The van der Waals surface area contributed by atoms with Gasteiger partial charge in [0.1, 0.15) is 15.5 Å². The minimum atomic E-state index is -0.168. The SMILES string of the molecule is Cc1cccc(-c2nc(CC(=O)N(C)Cc3nc4ccsc4c(=O)[nH]3)cs2)c1. The molecule has 0 spiro atoms. The van der Waals surface area contributed by atoms with Gasteiger partial charge in [-0.2, -0.15) is 0 Å². The second-order valence-corrected chi connectivity index (χ2v) is 8.36. The maximum absolute atomic E-state index is 12.6. The number of carbonyl (C=O) groups excluding carboxylic acids is 1. The van der Waals surface area contributed by atoms with E-state index in [1.165, 1.54) is 28.2 Å². The van der Waals surface area contributed by atoms with Gasteiger partial charge in [0.15, 0.2) is 0 Å². The van der Waals surface area contributed by atoms with Crippen LogP contribution in [0.3, 0.4) is 0 Å². The van der Waals surface area contributed by atoms with E-state index in [9.17, 15) is 9.59 Å². The monoisotopic (exact) mass is 410 g/mol. The van der Waals surface area contributed by atoms with Gasteiger partial charge in [0.25, 0.3) is 5.56 Å². The Bertz CT molecular complexity index is 1210.